The van der Waals surface area contributed by atoms with E-state index in [1.165, 1.54) is 10.6 Å². The molecule has 1 aliphatic rings. The fourth-order valence-electron chi connectivity index (χ4n) is 4.66. The van der Waals surface area contributed by atoms with E-state index >= 15 is 0 Å². The number of anilines is 1. The van der Waals surface area contributed by atoms with Crippen molar-refractivity contribution in [3.63, 3.8) is 0 Å². The van der Waals surface area contributed by atoms with E-state index < -0.39 is 15.9 Å². The number of nitrogens with zero attached hydrogens (tertiary/aromatic N) is 1. The predicted molar refractivity (Wildman–Crippen MR) is 144 cm³/mol. The number of nitrogens with two attached hydrogens (primary N) is 1. The average Bonchev–Trinajstić information content (AvgIpc) is 3.24. The third-order valence-corrected chi connectivity index (χ3v) is 7.81. The van der Waals surface area contributed by atoms with E-state index in [1.54, 1.807) is 6.07 Å². The minimum Gasteiger partial charge on any atom is -0.366 e. The molecule has 4 N–H and O–H groups in total. The van der Waals surface area contributed by atoms with Crippen LogP contribution in [0, 0.1) is 12.8 Å². The van der Waals surface area contributed by atoms with Crippen molar-refractivity contribution in [2.24, 2.45) is 11.7 Å². The number of amides is 2. The van der Waals surface area contributed by atoms with E-state index in [9.17, 15) is 18.0 Å². The number of primary amides is 1. The smallest absolute Gasteiger partial charge is 0.250 e. The summed E-state index contributed by atoms with van der Waals surface area (Å²) in [6, 6.07) is 11.4. The summed E-state index contributed by atoms with van der Waals surface area (Å²) in [5, 5.41) is 3.85. The molecule has 2 heterocycles. The minimum absolute atomic E-state index is 0.0317. The van der Waals surface area contributed by atoms with Gasteiger partial charge < -0.3 is 16.0 Å². The van der Waals surface area contributed by atoms with Crippen molar-refractivity contribution in [1.29, 1.82) is 0 Å². The SMILES string of the molecule is Cc1c(NC(=O)CC(C)C)cccc1-c1ccc(C(N)=O)c2[nH]c(C3=CCN(S(C)(=O)=O)CC3)cc12. The molecule has 8 nitrogen and oxygen atoms in total. The van der Waals surface area contributed by atoms with Crippen LogP contribution in [0.3, 0.4) is 0 Å². The summed E-state index contributed by atoms with van der Waals surface area (Å²) in [5.74, 6) is -0.311. The van der Waals surface area contributed by atoms with Gasteiger partial charge in [-0.15, -0.1) is 0 Å². The van der Waals surface area contributed by atoms with Crippen molar-refractivity contribution in [2.45, 2.75) is 33.6 Å². The summed E-state index contributed by atoms with van der Waals surface area (Å²) < 4.78 is 25.2. The van der Waals surface area contributed by atoms with E-state index in [0.29, 0.717) is 37.0 Å². The Bertz CT molecular complexity index is 1480. The van der Waals surface area contributed by atoms with Gasteiger partial charge in [0.15, 0.2) is 0 Å². The predicted octanol–water partition coefficient (Wildman–Crippen LogP) is 4.28. The van der Waals surface area contributed by atoms with Crippen molar-refractivity contribution in [1.82, 2.24) is 9.29 Å². The normalized spacial score (nSPS) is 14.8. The fraction of sp³-hybridized carbons (Fsp3) is 0.333. The molecule has 190 valence electrons. The zero-order valence-corrected chi connectivity index (χ0v) is 21.8. The number of aromatic amines is 1. The molecule has 2 amide bonds. The second-order valence-electron chi connectivity index (χ2n) is 9.72. The lowest BCUT2D eigenvalue weighted by atomic mass is 9.94. The molecule has 0 aliphatic carbocycles. The van der Waals surface area contributed by atoms with Gasteiger partial charge in [-0.1, -0.05) is 38.1 Å². The van der Waals surface area contributed by atoms with Crippen molar-refractivity contribution in [3.8, 4) is 11.1 Å². The topological polar surface area (TPSA) is 125 Å². The molecule has 1 aromatic heterocycles. The third-order valence-electron chi connectivity index (χ3n) is 6.54. The molecule has 1 aliphatic heterocycles. The molecule has 0 saturated carbocycles. The average molecular weight is 509 g/mol. The number of fused-ring (bicyclic) bond motifs is 1. The maximum absolute atomic E-state index is 12.4. The molecule has 0 unspecified atom stereocenters. The number of carbonyl (C=O) groups excluding carboxylic acids is 2. The second kappa shape index (κ2) is 9.91. The van der Waals surface area contributed by atoms with Crippen LogP contribution >= 0.6 is 0 Å². The van der Waals surface area contributed by atoms with Gasteiger partial charge in [0.2, 0.25) is 15.9 Å². The van der Waals surface area contributed by atoms with E-state index in [2.05, 4.69) is 10.3 Å². The highest BCUT2D eigenvalue weighted by atomic mass is 32.2. The first-order chi connectivity index (χ1) is 17.0. The highest BCUT2D eigenvalue weighted by molar-refractivity contribution is 7.88. The first-order valence-electron chi connectivity index (χ1n) is 12.0. The summed E-state index contributed by atoms with van der Waals surface area (Å²) in [5.41, 5.74) is 12.0. The first-order valence-corrected chi connectivity index (χ1v) is 13.8. The van der Waals surface area contributed by atoms with Gasteiger partial charge >= 0.3 is 0 Å². The molecule has 0 radical (unpaired) electrons. The standard InChI is InChI=1S/C27H32N4O4S/c1-16(2)14-25(32)29-23-7-5-6-19(17(23)3)20-8-9-21(27(28)33)26-22(20)15-24(30-26)18-10-12-31(13-11-18)36(4,34)35/h5-10,15-16,30H,11-14H2,1-4H3,(H2,28,33)(H,29,32). The van der Waals surface area contributed by atoms with Crippen molar-refractivity contribution < 1.29 is 18.0 Å². The largest absolute Gasteiger partial charge is 0.366 e. The minimum atomic E-state index is -3.25. The molecule has 3 aromatic rings. The quantitative estimate of drug-likeness (QED) is 0.440. The Morgan fingerprint density at radius 1 is 1.17 bits per heavy atom. The van der Waals surface area contributed by atoms with Crippen LogP contribution < -0.4 is 11.1 Å². The lowest BCUT2D eigenvalue weighted by Crippen LogP contribution is -2.33. The Morgan fingerprint density at radius 2 is 1.92 bits per heavy atom. The van der Waals surface area contributed by atoms with Crippen molar-refractivity contribution in [2.75, 3.05) is 24.7 Å². The molecule has 36 heavy (non-hydrogen) atoms. The Kier molecular flexibility index (Phi) is 7.06. The van der Waals surface area contributed by atoms with E-state index in [4.69, 9.17) is 5.73 Å². The number of carbonyl (C=O) groups is 2. The fourth-order valence-corrected chi connectivity index (χ4v) is 5.43. The molecule has 0 bridgehead atoms. The summed E-state index contributed by atoms with van der Waals surface area (Å²) >= 11 is 0. The summed E-state index contributed by atoms with van der Waals surface area (Å²) in [6.45, 7) is 6.67. The van der Waals surface area contributed by atoms with Crippen LogP contribution in [0.2, 0.25) is 0 Å². The first kappa shape index (κ1) is 25.7. The van der Waals surface area contributed by atoms with Gasteiger partial charge in [-0.05, 0) is 59.7 Å². The molecule has 0 spiro atoms. The summed E-state index contributed by atoms with van der Waals surface area (Å²) in [6.07, 6.45) is 4.10. The number of benzene rings is 2. The summed E-state index contributed by atoms with van der Waals surface area (Å²) in [7, 11) is -3.25. The molecule has 0 atom stereocenters. The molecular weight excluding hydrogens is 476 g/mol. The lowest BCUT2D eigenvalue weighted by Gasteiger charge is -2.23. The van der Waals surface area contributed by atoms with Gasteiger partial charge in [0.05, 0.1) is 17.3 Å². The lowest BCUT2D eigenvalue weighted by molar-refractivity contribution is -0.116. The number of hydrogen-bond donors (Lipinski definition) is 3. The van der Waals surface area contributed by atoms with E-state index in [0.717, 1.165) is 39.0 Å². The number of hydrogen-bond acceptors (Lipinski definition) is 4. The number of aromatic nitrogens is 1. The number of H-pyrrole nitrogens is 1. The van der Waals surface area contributed by atoms with Crippen LogP contribution in [0.1, 0.15) is 48.3 Å². The molecule has 2 aromatic carbocycles. The Morgan fingerprint density at radius 3 is 2.53 bits per heavy atom. The molecule has 4 rings (SSSR count). The molecule has 0 fully saturated rings. The van der Waals surface area contributed by atoms with Gasteiger partial charge in [-0.2, -0.15) is 4.31 Å². The van der Waals surface area contributed by atoms with Crippen molar-refractivity contribution in [3.05, 3.63) is 59.3 Å². The number of nitrogens with one attached hydrogen (secondary N) is 2. The molecular formula is C27H32N4O4S. The van der Waals surface area contributed by atoms with Gasteiger partial charge in [-0.25, -0.2) is 8.42 Å². The Labute approximate surface area is 211 Å². The van der Waals surface area contributed by atoms with Crippen molar-refractivity contribution >= 4 is 44.0 Å². The molecule has 9 heteroatoms. The van der Waals surface area contributed by atoms with Crippen LogP contribution in [0.5, 0.6) is 0 Å². The van der Waals surface area contributed by atoms with E-state index in [-0.39, 0.29) is 11.8 Å². The maximum Gasteiger partial charge on any atom is 0.250 e. The summed E-state index contributed by atoms with van der Waals surface area (Å²) in [4.78, 5) is 28.0. The second-order valence-corrected chi connectivity index (χ2v) is 11.7. The zero-order valence-electron chi connectivity index (χ0n) is 21.0. The Balaban J connectivity index is 1.79. The van der Waals surface area contributed by atoms with E-state index in [1.807, 2.05) is 57.2 Å². The van der Waals surface area contributed by atoms with Gasteiger partial charge in [0, 0.05) is 36.3 Å². The third kappa shape index (κ3) is 5.22. The monoisotopic (exact) mass is 508 g/mol. The highest BCUT2D eigenvalue weighted by Crippen LogP contribution is 2.37. The van der Waals surface area contributed by atoms with Crippen LogP contribution in [0.15, 0.2) is 42.5 Å². The number of sulfonamides is 1. The van der Waals surface area contributed by atoms with Crippen LogP contribution in [0.4, 0.5) is 5.69 Å². The van der Waals surface area contributed by atoms with Gasteiger partial charge in [0.25, 0.3) is 5.91 Å². The zero-order chi connectivity index (χ0) is 26.2. The van der Waals surface area contributed by atoms with Gasteiger partial charge in [0.1, 0.15) is 0 Å². The van der Waals surface area contributed by atoms with Crippen LogP contribution in [-0.2, 0) is 14.8 Å². The Hall–Kier alpha value is -3.43. The highest BCUT2D eigenvalue weighted by Gasteiger charge is 2.23. The molecule has 0 saturated heterocycles. The number of rotatable bonds is 7. The van der Waals surface area contributed by atoms with Crippen LogP contribution in [-0.4, -0.2) is 48.9 Å². The van der Waals surface area contributed by atoms with Gasteiger partial charge in [-0.3, -0.25) is 9.59 Å². The van der Waals surface area contributed by atoms with Crippen LogP contribution in [0.25, 0.3) is 27.6 Å². The maximum atomic E-state index is 12.4.